The number of carbonyl (C=O) groups excluding carboxylic acids is 1. The summed E-state index contributed by atoms with van der Waals surface area (Å²) in [6.07, 6.45) is -6.17. The third kappa shape index (κ3) is 4.56. The van der Waals surface area contributed by atoms with Crippen LogP contribution in [-0.2, 0) is 31.9 Å². The number of aromatic nitrogens is 3. The van der Waals surface area contributed by atoms with Gasteiger partial charge in [0.2, 0.25) is 5.60 Å². The average Bonchev–Trinajstić information content (AvgIpc) is 3.42. The molecule has 1 atom stereocenters. The molecular formula is C26H25F6N5O2. The summed E-state index contributed by atoms with van der Waals surface area (Å²) in [6.45, 7) is 1.62. The van der Waals surface area contributed by atoms with Crippen LogP contribution in [0.3, 0.4) is 0 Å². The highest BCUT2D eigenvalue weighted by atomic mass is 19.4. The van der Waals surface area contributed by atoms with E-state index in [4.69, 9.17) is 0 Å². The van der Waals surface area contributed by atoms with Crippen LogP contribution in [0, 0.1) is 0 Å². The zero-order chi connectivity index (χ0) is 28.4. The first-order valence-corrected chi connectivity index (χ1v) is 12.2. The SMILES string of the molecule is Cn1cnnc1[C@@](O)(c1cccc(N2Cc3c(cc(CNC4(C)CCC4)cc3C(F)(F)F)C2=O)c1)C(F)(F)F. The van der Waals surface area contributed by atoms with Crippen LogP contribution in [-0.4, -0.2) is 37.5 Å². The number of alkyl halides is 6. The number of rotatable bonds is 6. The number of hydrogen-bond acceptors (Lipinski definition) is 5. The van der Waals surface area contributed by atoms with Gasteiger partial charge in [0.25, 0.3) is 5.91 Å². The van der Waals surface area contributed by atoms with Crippen molar-refractivity contribution in [1.29, 1.82) is 0 Å². The monoisotopic (exact) mass is 553 g/mol. The molecule has 5 rings (SSSR count). The molecule has 2 aliphatic rings. The second kappa shape index (κ2) is 9.05. The lowest BCUT2D eigenvalue weighted by Crippen LogP contribution is -2.47. The molecule has 1 fully saturated rings. The van der Waals surface area contributed by atoms with Crippen LogP contribution in [0.5, 0.6) is 0 Å². The highest BCUT2D eigenvalue weighted by molar-refractivity contribution is 6.10. The normalized spacial score (nSPS) is 18.6. The minimum absolute atomic E-state index is 0.103. The molecule has 1 aliphatic carbocycles. The van der Waals surface area contributed by atoms with Gasteiger partial charge in [0.1, 0.15) is 6.33 Å². The van der Waals surface area contributed by atoms with E-state index in [2.05, 4.69) is 15.5 Å². The molecule has 2 aromatic carbocycles. The number of fused-ring (bicyclic) bond motifs is 1. The molecule has 1 aliphatic heterocycles. The molecule has 1 aromatic heterocycles. The maximum Gasteiger partial charge on any atom is 0.428 e. The lowest BCUT2D eigenvalue weighted by atomic mass is 9.78. The molecule has 0 saturated heterocycles. The second-order valence-electron chi connectivity index (χ2n) is 10.4. The highest BCUT2D eigenvalue weighted by Crippen LogP contribution is 2.45. The standard InChI is InChI=1S/C26H25F6N5O2/c1-23(7-4-8-23)33-12-15-9-18-19(20(10-15)25(27,28)29)13-37(21(18)38)17-6-3-5-16(11-17)24(39,26(30,31)32)22-35-34-14-36(22)2/h3,5-6,9-11,14,33,39H,4,7-8,12-13H2,1-2H3/t24-/m0/s1. The van der Waals surface area contributed by atoms with E-state index in [0.29, 0.717) is 0 Å². The Morgan fingerprint density at radius 2 is 1.82 bits per heavy atom. The van der Waals surface area contributed by atoms with Crippen LogP contribution < -0.4 is 10.2 Å². The van der Waals surface area contributed by atoms with Crippen LogP contribution in [0.25, 0.3) is 0 Å². The molecule has 2 heterocycles. The Kier molecular flexibility index (Phi) is 6.30. The number of anilines is 1. The highest BCUT2D eigenvalue weighted by Gasteiger charge is 2.59. The van der Waals surface area contributed by atoms with Gasteiger partial charge in [-0.25, -0.2) is 0 Å². The van der Waals surface area contributed by atoms with Crippen LogP contribution in [0.15, 0.2) is 42.7 Å². The van der Waals surface area contributed by atoms with E-state index in [1.165, 1.54) is 25.2 Å². The van der Waals surface area contributed by atoms with Gasteiger partial charge in [-0.05, 0) is 61.6 Å². The van der Waals surface area contributed by atoms with Crippen molar-refractivity contribution in [2.24, 2.45) is 7.05 Å². The summed E-state index contributed by atoms with van der Waals surface area (Å²) in [4.78, 5) is 14.3. The summed E-state index contributed by atoms with van der Waals surface area (Å²) in [5.41, 5.74) is -5.62. The number of benzene rings is 2. The molecule has 39 heavy (non-hydrogen) atoms. The van der Waals surface area contributed by atoms with Crippen molar-refractivity contribution in [2.45, 2.75) is 62.8 Å². The molecule has 0 spiro atoms. The fourth-order valence-electron chi connectivity index (χ4n) is 5.16. The third-order valence-corrected chi connectivity index (χ3v) is 7.60. The van der Waals surface area contributed by atoms with Crippen LogP contribution in [0.4, 0.5) is 32.0 Å². The maximum atomic E-state index is 14.2. The fraction of sp³-hybridized carbons (Fsp3) is 0.423. The van der Waals surface area contributed by atoms with Crippen LogP contribution in [0.1, 0.15) is 64.6 Å². The van der Waals surface area contributed by atoms with Gasteiger partial charge in [-0.3, -0.25) is 4.79 Å². The van der Waals surface area contributed by atoms with E-state index < -0.39 is 47.4 Å². The first-order valence-electron chi connectivity index (χ1n) is 12.2. The van der Waals surface area contributed by atoms with Crippen molar-refractivity contribution in [3.05, 3.63) is 76.4 Å². The third-order valence-electron chi connectivity index (χ3n) is 7.60. The van der Waals surface area contributed by atoms with Gasteiger partial charge in [-0.1, -0.05) is 12.1 Å². The molecule has 208 valence electrons. The van der Waals surface area contributed by atoms with Gasteiger partial charge in [0.15, 0.2) is 5.82 Å². The van der Waals surface area contributed by atoms with Crippen molar-refractivity contribution in [1.82, 2.24) is 20.1 Å². The lowest BCUT2D eigenvalue weighted by Gasteiger charge is -2.39. The maximum absolute atomic E-state index is 14.2. The smallest absolute Gasteiger partial charge is 0.370 e. The van der Waals surface area contributed by atoms with Crippen molar-refractivity contribution in [2.75, 3.05) is 4.90 Å². The lowest BCUT2D eigenvalue weighted by molar-refractivity contribution is -0.252. The Morgan fingerprint density at radius 1 is 1.10 bits per heavy atom. The van der Waals surface area contributed by atoms with Gasteiger partial charge < -0.3 is 19.9 Å². The largest absolute Gasteiger partial charge is 0.428 e. The summed E-state index contributed by atoms with van der Waals surface area (Å²) in [6, 6.07) is 6.83. The summed E-state index contributed by atoms with van der Waals surface area (Å²) in [5.74, 6) is -1.58. The van der Waals surface area contributed by atoms with Crippen LogP contribution in [0.2, 0.25) is 0 Å². The molecule has 2 N–H and O–H groups in total. The minimum atomic E-state index is -5.23. The number of nitrogens with one attached hydrogen (secondary N) is 1. The van der Waals surface area contributed by atoms with E-state index in [-0.39, 0.29) is 34.5 Å². The zero-order valence-corrected chi connectivity index (χ0v) is 21.0. The van der Waals surface area contributed by atoms with Gasteiger partial charge in [0, 0.05) is 35.9 Å². The quantitative estimate of drug-likeness (QED) is 0.428. The minimum Gasteiger partial charge on any atom is -0.370 e. The fourth-order valence-corrected chi connectivity index (χ4v) is 5.16. The van der Waals surface area contributed by atoms with Crippen molar-refractivity contribution in [3.8, 4) is 0 Å². The average molecular weight is 554 g/mol. The van der Waals surface area contributed by atoms with Gasteiger partial charge in [-0.2, -0.15) is 26.3 Å². The van der Waals surface area contributed by atoms with Gasteiger partial charge in [-0.15, -0.1) is 10.2 Å². The Bertz CT molecular complexity index is 1430. The van der Waals surface area contributed by atoms with Crippen molar-refractivity contribution < 1.29 is 36.2 Å². The van der Waals surface area contributed by atoms with Crippen LogP contribution >= 0.6 is 0 Å². The predicted molar refractivity (Wildman–Crippen MR) is 128 cm³/mol. The summed E-state index contributed by atoms with van der Waals surface area (Å²) in [7, 11) is 1.23. The predicted octanol–water partition coefficient (Wildman–Crippen LogP) is 4.82. The number of hydrogen-bond donors (Lipinski definition) is 2. The van der Waals surface area contributed by atoms with Crippen molar-refractivity contribution >= 4 is 11.6 Å². The van der Waals surface area contributed by atoms with E-state index >= 15 is 0 Å². The van der Waals surface area contributed by atoms with E-state index in [9.17, 15) is 36.2 Å². The number of aliphatic hydroxyl groups is 1. The molecule has 7 nitrogen and oxygen atoms in total. The number of halogens is 6. The number of nitrogens with zero attached hydrogens (tertiary/aromatic N) is 4. The second-order valence-corrected chi connectivity index (χ2v) is 10.4. The Morgan fingerprint density at radius 3 is 2.38 bits per heavy atom. The Labute approximate surface area is 219 Å². The first-order chi connectivity index (χ1) is 18.1. The summed E-state index contributed by atoms with van der Waals surface area (Å²) >= 11 is 0. The zero-order valence-electron chi connectivity index (χ0n) is 21.0. The van der Waals surface area contributed by atoms with Gasteiger partial charge >= 0.3 is 12.4 Å². The summed E-state index contributed by atoms with van der Waals surface area (Å²) < 4.78 is 85.7. The number of amides is 1. The van der Waals surface area contributed by atoms with E-state index in [1.807, 2.05) is 6.92 Å². The Balaban J connectivity index is 1.53. The molecule has 13 heteroatoms. The van der Waals surface area contributed by atoms with E-state index in [1.54, 1.807) is 0 Å². The van der Waals surface area contributed by atoms with E-state index in [0.717, 1.165) is 53.3 Å². The number of aryl methyl sites for hydroxylation is 1. The molecule has 3 aromatic rings. The molecule has 0 unspecified atom stereocenters. The molecule has 0 bridgehead atoms. The molecule has 0 radical (unpaired) electrons. The molecule has 1 saturated carbocycles. The van der Waals surface area contributed by atoms with Gasteiger partial charge in [0.05, 0.1) is 12.1 Å². The topological polar surface area (TPSA) is 83.3 Å². The first kappa shape index (κ1) is 27.1. The molecule has 1 amide bonds. The molecular weight excluding hydrogens is 528 g/mol. The number of carbonyl (C=O) groups is 1. The summed E-state index contributed by atoms with van der Waals surface area (Å²) in [5, 5.41) is 21.0. The Hall–Kier alpha value is -3.45. The van der Waals surface area contributed by atoms with Crippen molar-refractivity contribution in [3.63, 3.8) is 0 Å².